The summed E-state index contributed by atoms with van der Waals surface area (Å²) in [4.78, 5) is 12.5. The molecule has 4 rings (SSSR count). The standard InChI is InChI=1S/C20H19N3O2/c1-23-19(17-8-5-9-18(17)22-23)21-20(24)14-10-12-16(13-11-14)25-15-6-3-2-4-7-15/h2-4,6-7,10-13H,5,8-9H2,1H3,(H,21,24). The Hall–Kier alpha value is -3.08. The first kappa shape index (κ1) is 15.4. The van der Waals surface area contributed by atoms with Gasteiger partial charge in [0.05, 0.1) is 5.69 Å². The average Bonchev–Trinajstić information content (AvgIpc) is 3.19. The summed E-state index contributed by atoms with van der Waals surface area (Å²) in [5.41, 5.74) is 2.86. The van der Waals surface area contributed by atoms with Gasteiger partial charge in [0, 0.05) is 18.2 Å². The fourth-order valence-corrected chi connectivity index (χ4v) is 3.15. The maximum Gasteiger partial charge on any atom is 0.256 e. The molecule has 1 heterocycles. The zero-order valence-corrected chi connectivity index (χ0v) is 14.0. The number of nitrogens with zero attached hydrogens (tertiary/aromatic N) is 2. The first-order valence-electron chi connectivity index (χ1n) is 8.40. The maximum absolute atomic E-state index is 12.5. The molecule has 0 radical (unpaired) electrons. The third-order valence-electron chi connectivity index (χ3n) is 4.40. The van der Waals surface area contributed by atoms with Crippen molar-refractivity contribution in [3.8, 4) is 11.5 Å². The summed E-state index contributed by atoms with van der Waals surface area (Å²) in [6.07, 6.45) is 3.07. The third kappa shape index (κ3) is 3.13. The van der Waals surface area contributed by atoms with Crippen LogP contribution in [0.5, 0.6) is 11.5 Å². The molecule has 0 fully saturated rings. The number of nitrogens with one attached hydrogen (secondary N) is 1. The third-order valence-corrected chi connectivity index (χ3v) is 4.40. The number of benzene rings is 2. The molecule has 0 saturated carbocycles. The van der Waals surface area contributed by atoms with Crippen LogP contribution < -0.4 is 10.1 Å². The monoisotopic (exact) mass is 333 g/mol. The summed E-state index contributed by atoms with van der Waals surface area (Å²) in [6.45, 7) is 0. The maximum atomic E-state index is 12.5. The average molecular weight is 333 g/mol. The molecule has 1 aliphatic carbocycles. The zero-order valence-electron chi connectivity index (χ0n) is 14.0. The van der Waals surface area contributed by atoms with Crippen LogP contribution in [0.3, 0.4) is 0 Å². The second kappa shape index (κ2) is 6.43. The number of ether oxygens (including phenoxy) is 1. The number of hydrogen-bond acceptors (Lipinski definition) is 3. The Morgan fingerprint density at radius 2 is 1.76 bits per heavy atom. The molecule has 126 valence electrons. The van der Waals surface area contributed by atoms with E-state index in [2.05, 4.69) is 10.4 Å². The molecule has 1 aromatic heterocycles. The fraction of sp³-hybridized carbons (Fsp3) is 0.200. The van der Waals surface area contributed by atoms with Gasteiger partial charge in [-0.3, -0.25) is 9.48 Å². The van der Waals surface area contributed by atoms with Crippen LogP contribution in [0, 0.1) is 0 Å². The van der Waals surface area contributed by atoms with E-state index in [4.69, 9.17) is 4.74 Å². The van der Waals surface area contributed by atoms with Gasteiger partial charge in [0.25, 0.3) is 5.91 Å². The van der Waals surface area contributed by atoms with Crippen molar-refractivity contribution < 1.29 is 9.53 Å². The zero-order chi connectivity index (χ0) is 17.2. The lowest BCUT2D eigenvalue weighted by atomic mass is 10.2. The molecule has 0 spiro atoms. The number of rotatable bonds is 4. The number of anilines is 1. The molecule has 0 saturated heterocycles. The van der Waals surface area contributed by atoms with Gasteiger partial charge in [-0.25, -0.2) is 0 Å². The van der Waals surface area contributed by atoms with Gasteiger partial charge >= 0.3 is 0 Å². The van der Waals surface area contributed by atoms with Crippen LogP contribution in [0.4, 0.5) is 5.82 Å². The van der Waals surface area contributed by atoms with Crippen LogP contribution in [-0.4, -0.2) is 15.7 Å². The fourth-order valence-electron chi connectivity index (χ4n) is 3.15. The number of para-hydroxylation sites is 1. The summed E-state index contributed by atoms with van der Waals surface area (Å²) in [7, 11) is 1.87. The Bertz CT molecular complexity index is 899. The highest BCUT2D eigenvalue weighted by molar-refractivity contribution is 6.04. The van der Waals surface area contributed by atoms with E-state index in [1.807, 2.05) is 37.4 Å². The van der Waals surface area contributed by atoms with Gasteiger partial charge in [-0.05, 0) is 55.7 Å². The van der Waals surface area contributed by atoms with Gasteiger partial charge < -0.3 is 10.1 Å². The normalized spacial score (nSPS) is 12.7. The van der Waals surface area contributed by atoms with Crippen molar-refractivity contribution in [3.63, 3.8) is 0 Å². The molecule has 0 bridgehead atoms. The highest BCUT2D eigenvalue weighted by atomic mass is 16.5. The van der Waals surface area contributed by atoms with Crippen LogP contribution in [0.2, 0.25) is 0 Å². The second-order valence-electron chi connectivity index (χ2n) is 6.14. The molecule has 5 heteroatoms. The molecular formula is C20H19N3O2. The summed E-state index contributed by atoms with van der Waals surface area (Å²) >= 11 is 0. The molecule has 0 unspecified atom stereocenters. The first-order chi connectivity index (χ1) is 12.2. The number of fused-ring (bicyclic) bond motifs is 1. The van der Waals surface area contributed by atoms with Crippen molar-refractivity contribution in [3.05, 3.63) is 71.4 Å². The molecule has 1 amide bonds. The highest BCUT2D eigenvalue weighted by Gasteiger charge is 2.22. The number of hydrogen-bond donors (Lipinski definition) is 1. The molecule has 1 aliphatic rings. The Morgan fingerprint density at radius 3 is 2.52 bits per heavy atom. The molecule has 2 aromatic carbocycles. The van der Waals surface area contributed by atoms with Crippen LogP contribution in [0.15, 0.2) is 54.6 Å². The smallest absolute Gasteiger partial charge is 0.256 e. The molecule has 1 N–H and O–H groups in total. The molecule has 25 heavy (non-hydrogen) atoms. The summed E-state index contributed by atoms with van der Waals surface area (Å²) < 4.78 is 7.51. The van der Waals surface area contributed by atoms with E-state index in [-0.39, 0.29) is 5.91 Å². The van der Waals surface area contributed by atoms with E-state index in [1.165, 1.54) is 5.56 Å². The number of aromatic nitrogens is 2. The van der Waals surface area contributed by atoms with E-state index in [9.17, 15) is 4.79 Å². The molecular weight excluding hydrogens is 314 g/mol. The van der Waals surface area contributed by atoms with Crippen molar-refractivity contribution in [2.45, 2.75) is 19.3 Å². The SMILES string of the molecule is Cn1nc2c(c1NC(=O)c1ccc(Oc3ccccc3)cc1)CCC2. The Balaban J connectivity index is 1.48. The lowest BCUT2D eigenvalue weighted by Crippen LogP contribution is -2.15. The van der Waals surface area contributed by atoms with E-state index in [0.29, 0.717) is 11.3 Å². The first-order valence-corrected chi connectivity index (χ1v) is 8.40. The van der Waals surface area contributed by atoms with E-state index in [1.54, 1.807) is 28.9 Å². The Kier molecular flexibility index (Phi) is 3.98. The van der Waals surface area contributed by atoms with Gasteiger partial charge in [-0.1, -0.05) is 18.2 Å². The van der Waals surface area contributed by atoms with Gasteiger partial charge in [0.15, 0.2) is 0 Å². The minimum Gasteiger partial charge on any atom is -0.457 e. The molecule has 5 nitrogen and oxygen atoms in total. The summed E-state index contributed by atoms with van der Waals surface area (Å²) in [5.74, 6) is 2.14. The lowest BCUT2D eigenvalue weighted by molar-refractivity contribution is 0.102. The van der Waals surface area contributed by atoms with Crippen molar-refractivity contribution in [2.24, 2.45) is 7.05 Å². The van der Waals surface area contributed by atoms with Gasteiger partial charge in [0.2, 0.25) is 0 Å². The largest absolute Gasteiger partial charge is 0.457 e. The van der Waals surface area contributed by atoms with Crippen molar-refractivity contribution in [1.29, 1.82) is 0 Å². The molecule has 0 atom stereocenters. The predicted octanol–water partition coefficient (Wildman–Crippen LogP) is 3.95. The van der Waals surface area contributed by atoms with Crippen molar-refractivity contribution in [1.82, 2.24) is 9.78 Å². The lowest BCUT2D eigenvalue weighted by Gasteiger charge is -2.09. The van der Waals surface area contributed by atoms with Crippen LogP contribution in [0.1, 0.15) is 28.0 Å². The molecule has 3 aromatic rings. The number of aryl methyl sites for hydroxylation is 2. The van der Waals surface area contributed by atoms with Gasteiger partial charge in [0.1, 0.15) is 17.3 Å². The summed E-state index contributed by atoms with van der Waals surface area (Å²) in [6, 6.07) is 16.7. The topological polar surface area (TPSA) is 56.2 Å². The van der Waals surface area contributed by atoms with E-state index in [0.717, 1.165) is 36.5 Å². The summed E-state index contributed by atoms with van der Waals surface area (Å²) in [5, 5.41) is 7.48. The van der Waals surface area contributed by atoms with E-state index < -0.39 is 0 Å². The number of carbonyl (C=O) groups excluding carboxylic acids is 1. The number of carbonyl (C=O) groups is 1. The van der Waals surface area contributed by atoms with Crippen molar-refractivity contribution in [2.75, 3.05) is 5.32 Å². The quantitative estimate of drug-likeness (QED) is 0.786. The Morgan fingerprint density at radius 1 is 1.04 bits per heavy atom. The van der Waals surface area contributed by atoms with Crippen molar-refractivity contribution >= 4 is 11.7 Å². The van der Waals surface area contributed by atoms with E-state index >= 15 is 0 Å². The van der Waals surface area contributed by atoms with Crippen LogP contribution in [0.25, 0.3) is 0 Å². The Labute approximate surface area is 146 Å². The number of amides is 1. The van der Waals surface area contributed by atoms with Crippen LogP contribution in [-0.2, 0) is 19.9 Å². The highest BCUT2D eigenvalue weighted by Crippen LogP contribution is 2.28. The minimum atomic E-state index is -0.135. The van der Waals surface area contributed by atoms with Crippen LogP contribution >= 0.6 is 0 Å². The minimum absolute atomic E-state index is 0.135. The second-order valence-corrected chi connectivity index (χ2v) is 6.14. The van der Waals surface area contributed by atoms with Gasteiger partial charge in [-0.15, -0.1) is 0 Å². The molecule has 0 aliphatic heterocycles. The predicted molar refractivity (Wildman–Crippen MR) is 96.1 cm³/mol. The van der Waals surface area contributed by atoms with Gasteiger partial charge in [-0.2, -0.15) is 5.10 Å².